The third kappa shape index (κ3) is 2.46. The van der Waals surface area contributed by atoms with E-state index in [2.05, 4.69) is 0 Å². The molecule has 1 aliphatic rings. The van der Waals surface area contributed by atoms with Crippen LogP contribution in [0.15, 0.2) is 24.3 Å². The first-order valence-corrected chi connectivity index (χ1v) is 5.66. The van der Waals surface area contributed by atoms with Crippen molar-refractivity contribution in [3.63, 3.8) is 0 Å². The lowest BCUT2D eigenvalue weighted by molar-refractivity contribution is -0.146. The first-order valence-electron chi connectivity index (χ1n) is 5.66. The number of aryl methyl sites for hydroxylation is 1. The summed E-state index contributed by atoms with van der Waals surface area (Å²) in [5, 5.41) is 9.04. The monoisotopic (exact) mass is 233 g/mol. The van der Waals surface area contributed by atoms with E-state index in [1.165, 1.54) is 4.90 Å². The number of aliphatic carboxylic acids is 1. The number of benzene rings is 1. The molecule has 0 bridgehead atoms. The van der Waals surface area contributed by atoms with Gasteiger partial charge in [0.05, 0.1) is 0 Å². The van der Waals surface area contributed by atoms with Gasteiger partial charge in [-0.1, -0.05) is 29.8 Å². The van der Waals surface area contributed by atoms with Crippen LogP contribution < -0.4 is 0 Å². The summed E-state index contributed by atoms with van der Waals surface area (Å²) >= 11 is 0. The minimum Gasteiger partial charge on any atom is -0.480 e. The standard InChI is InChI=1S/C13H15NO3/c1-9-3-2-4-10(7-9)8-14-11(13(16)17)5-6-12(14)15/h2-4,7,11H,5-6,8H2,1H3,(H,16,17)/t11-/m1/s1. The molecule has 1 saturated heterocycles. The molecule has 0 radical (unpaired) electrons. The molecule has 1 aromatic rings. The third-order valence-electron chi connectivity index (χ3n) is 3.05. The molecule has 0 saturated carbocycles. The second-order valence-electron chi connectivity index (χ2n) is 4.40. The van der Waals surface area contributed by atoms with E-state index >= 15 is 0 Å². The number of rotatable bonds is 3. The minimum absolute atomic E-state index is 0.0705. The highest BCUT2D eigenvalue weighted by atomic mass is 16.4. The van der Waals surface area contributed by atoms with Crippen molar-refractivity contribution in [2.45, 2.75) is 32.4 Å². The lowest BCUT2D eigenvalue weighted by Crippen LogP contribution is -2.37. The van der Waals surface area contributed by atoms with Crippen LogP contribution in [0.1, 0.15) is 24.0 Å². The van der Waals surface area contributed by atoms with Gasteiger partial charge in [0.1, 0.15) is 6.04 Å². The van der Waals surface area contributed by atoms with Gasteiger partial charge in [-0.2, -0.15) is 0 Å². The number of hydrogen-bond acceptors (Lipinski definition) is 2. The van der Waals surface area contributed by atoms with Crippen molar-refractivity contribution in [1.82, 2.24) is 4.90 Å². The summed E-state index contributed by atoms with van der Waals surface area (Å²) in [7, 11) is 0. The summed E-state index contributed by atoms with van der Waals surface area (Å²) in [4.78, 5) is 24.1. The highest BCUT2D eigenvalue weighted by molar-refractivity contribution is 5.87. The van der Waals surface area contributed by atoms with E-state index in [1.807, 2.05) is 31.2 Å². The van der Waals surface area contributed by atoms with Crippen molar-refractivity contribution in [2.24, 2.45) is 0 Å². The molecule has 1 fully saturated rings. The summed E-state index contributed by atoms with van der Waals surface area (Å²) < 4.78 is 0. The van der Waals surface area contributed by atoms with Gasteiger partial charge in [-0.15, -0.1) is 0 Å². The molecule has 4 heteroatoms. The molecule has 0 spiro atoms. The smallest absolute Gasteiger partial charge is 0.326 e. The van der Waals surface area contributed by atoms with E-state index < -0.39 is 12.0 Å². The van der Waals surface area contributed by atoms with Gasteiger partial charge in [-0.25, -0.2) is 4.79 Å². The summed E-state index contributed by atoms with van der Waals surface area (Å²) in [6.45, 7) is 2.36. The number of likely N-dealkylation sites (tertiary alicyclic amines) is 1. The van der Waals surface area contributed by atoms with E-state index in [0.29, 0.717) is 19.4 Å². The van der Waals surface area contributed by atoms with Crippen LogP contribution in [0.3, 0.4) is 0 Å². The number of nitrogens with zero attached hydrogens (tertiary/aromatic N) is 1. The molecule has 90 valence electrons. The zero-order chi connectivity index (χ0) is 12.4. The van der Waals surface area contributed by atoms with Crippen molar-refractivity contribution in [3.8, 4) is 0 Å². The topological polar surface area (TPSA) is 57.6 Å². The minimum atomic E-state index is -0.913. The van der Waals surface area contributed by atoms with Crippen LogP contribution in [0.4, 0.5) is 0 Å². The van der Waals surface area contributed by atoms with Crippen LogP contribution in [0.5, 0.6) is 0 Å². The van der Waals surface area contributed by atoms with Gasteiger partial charge in [-0.05, 0) is 18.9 Å². The maximum Gasteiger partial charge on any atom is 0.326 e. The predicted molar refractivity (Wildman–Crippen MR) is 62.4 cm³/mol. The fourth-order valence-electron chi connectivity index (χ4n) is 2.20. The van der Waals surface area contributed by atoms with Crippen molar-refractivity contribution in [2.75, 3.05) is 0 Å². The van der Waals surface area contributed by atoms with E-state index in [1.54, 1.807) is 0 Å². The van der Waals surface area contributed by atoms with Crippen LogP contribution >= 0.6 is 0 Å². The largest absolute Gasteiger partial charge is 0.480 e. The summed E-state index contributed by atoms with van der Waals surface area (Å²) in [6.07, 6.45) is 0.753. The molecule has 1 aliphatic heterocycles. The lowest BCUT2D eigenvalue weighted by atomic mass is 10.1. The van der Waals surface area contributed by atoms with Gasteiger partial charge in [0.25, 0.3) is 0 Å². The van der Waals surface area contributed by atoms with Gasteiger partial charge < -0.3 is 10.0 Å². The maximum absolute atomic E-state index is 11.6. The molecule has 0 unspecified atom stereocenters. The van der Waals surface area contributed by atoms with Crippen LogP contribution in [0.25, 0.3) is 0 Å². The second-order valence-corrected chi connectivity index (χ2v) is 4.40. The SMILES string of the molecule is Cc1cccc(CN2C(=O)CC[C@@H]2C(=O)O)c1. The van der Waals surface area contributed by atoms with Crippen molar-refractivity contribution in [1.29, 1.82) is 0 Å². The van der Waals surface area contributed by atoms with Crippen LogP contribution in [-0.4, -0.2) is 27.9 Å². The van der Waals surface area contributed by atoms with Crippen LogP contribution in [-0.2, 0) is 16.1 Å². The van der Waals surface area contributed by atoms with Crippen molar-refractivity contribution < 1.29 is 14.7 Å². The maximum atomic E-state index is 11.6. The summed E-state index contributed by atoms with van der Waals surface area (Å²) in [5.41, 5.74) is 2.09. The molecular formula is C13H15NO3. The Kier molecular flexibility index (Phi) is 3.13. The Labute approximate surface area is 99.9 Å². The van der Waals surface area contributed by atoms with Gasteiger partial charge >= 0.3 is 5.97 Å². The van der Waals surface area contributed by atoms with Gasteiger partial charge in [0.15, 0.2) is 0 Å². The summed E-state index contributed by atoms with van der Waals surface area (Å²) in [5.74, 6) is -0.984. The molecule has 1 heterocycles. The summed E-state index contributed by atoms with van der Waals surface area (Å²) in [6, 6.07) is 7.12. The molecule has 0 aliphatic carbocycles. The van der Waals surface area contributed by atoms with E-state index in [0.717, 1.165) is 11.1 Å². The Balaban J connectivity index is 2.16. The predicted octanol–water partition coefficient (Wildman–Crippen LogP) is 1.57. The highest BCUT2D eigenvalue weighted by Gasteiger charge is 2.35. The number of carbonyl (C=O) groups excluding carboxylic acids is 1. The molecular weight excluding hydrogens is 218 g/mol. The molecule has 1 amide bonds. The Bertz CT molecular complexity index is 456. The highest BCUT2D eigenvalue weighted by Crippen LogP contribution is 2.21. The van der Waals surface area contributed by atoms with Gasteiger partial charge in [-0.3, -0.25) is 4.79 Å². The zero-order valence-corrected chi connectivity index (χ0v) is 9.72. The van der Waals surface area contributed by atoms with Gasteiger partial charge in [0.2, 0.25) is 5.91 Å². The van der Waals surface area contributed by atoms with E-state index in [-0.39, 0.29) is 5.91 Å². The number of amides is 1. The first kappa shape index (κ1) is 11.6. The number of hydrogen-bond donors (Lipinski definition) is 1. The molecule has 1 atom stereocenters. The average molecular weight is 233 g/mol. The molecule has 1 aromatic carbocycles. The van der Waals surface area contributed by atoms with Crippen LogP contribution in [0.2, 0.25) is 0 Å². The fourth-order valence-corrected chi connectivity index (χ4v) is 2.20. The Hall–Kier alpha value is -1.84. The number of carbonyl (C=O) groups is 2. The van der Waals surface area contributed by atoms with Crippen LogP contribution in [0, 0.1) is 6.92 Å². The number of carboxylic acid groups (broad SMARTS) is 1. The normalized spacial score (nSPS) is 19.7. The third-order valence-corrected chi connectivity index (χ3v) is 3.05. The van der Waals surface area contributed by atoms with E-state index in [4.69, 9.17) is 5.11 Å². The van der Waals surface area contributed by atoms with Crippen molar-refractivity contribution in [3.05, 3.63) is 35.4 Å². The molecule has 4 nitrogen and oxygen atoms in total. The Morgan fingerprint density at radius 1 is 1.53 bits per heavy atom. The second kappa shape index (κ2) is 4.57. The quantitative estimate of drug-likeness (QED) is 0.862. The van der Waals surface area contributed by atoms with Gasteiger partial charge in [0, 0.05) is 13.0 Å². The lowest BCUT2D eigenvalue weighted by Gasteiger charge is -2.21. The first-order chi connectivity index (χ1) is 8.08. The zero-order valence-electron chi connectivity index (χ0n) is 9.72. The number of carboxylic acids is 1. The average Bonchev–Trinajstić information content (AvgIpc) is 2.61. The molecule has 17 heavy (non-hydrogen) atoms. The Morgan fingerprint density at radius 3 is 2.94 bits per heavy atom. The molecule has 2 rings (SSSR count). The Morgan fingerprint density at radius 2 is 2.29 bits per heavy atom. The fraction of sp³-hybridized carbons (Fsp3) is 0.385. The van der Waals surface area contributed by atoms with E-state index in [9.17, 15) is 9.59 Å². The van der Waals surface area contributed by atoms with Crippen molar-refractivity contribution >= 4 is 11.9 Å². The molecule has 1 N–H and O–H groups in total. The molecule has 0 aromatic heterocycles.